The Morgan fingerprint density at radius 1 is 1.10 bits per heavy atom. The van der Waals surface area contributed by atoms with E-state index in [4.69, 9.17) is 5.73 Å². The molecular formula is C21H22N6O4. The number of imidazole rings is 1. The second-order valence-electron chi connectivity index (χ2n) is 8.03. The number of nitrogens with two attached hydrogens (primary N) is 1. The van der Waals surface area contributed by atoms with Crippen molar-refractivity contribution in [1.82, 2.24) is 19.8 Å². The van der Waals surface area contributed by atoms with Crippen molar-refractivity contribution in [1.29, 1.82) is 0 Å². The highest BCUT2D eigenvalue weighted by Gasteiger charge is 2.44. The number of aryl methyl sites for hydroxylation is 1. The van der Waals surface area contributed by atoms with Crippen LogP contribution in [-0.4, -0.2) is 50.7 Å². The van der Waals surface area contributed by atoms with Crippen LogP contribution in [0.15, 0.2) is 24.4 Å². The molecule has 160 valence electrons. The summed E-state index contributed by atoms with van der Waals surface area (Å²) in [6, 6.07) is 4.22. The van der Waals surface area contributed by atoms with Gasteiger partial charge in [-0.15, -0.1) is 0 Å². The molecule has 3 aliphatic rings. The van der Waals surface area contributed by atoms with Gasteiger partial charge < -0.3 is 15.2 Å². The van der Waals surface area contributed by atoms with Crippen molar-refractivity contribution in [2.24, 2.45) is 5.73 Å². The molecule has 1 unspecified atom stereocenters. The number of benzene rings is 1. The quantitative estimate of drug-likeness (QED) is 0.671. The molecule has 0 bridgehead atoms. The summed E-state index contributed by atoms with van der Waals surface area (Å²) in [5.74, 6) is -1.15. The minimum Gasteiger partial charge on any atom is -0.338 e. The molecule has 10 heteroatoms. The fourth-order valence-electron chi connectivity index (χ4n) is 4.49. The number of rotatable bonds is 4. The van der Waals surface area contributed by atoms with Crippen molar-refractivity contribution in [2.75, 3.05) is 11.4 Å². The molecule has 3 N–H and O–H groups in total. The van der Waals surface area contributed by atoms with Crippen LogP contribution in [0, 0.1) is 0 Å². The van der Waals surface area contributed by atoms with Crippen LogP contribution in [0.4, 0.5) is 5.95 Å². The van der Waals surface area contributed by atoms with Gasteiger partial charge in [-0.3, -0.25) is 29.4 Å². The van der Waals surface area contributed by atoms with Gasteiger partial charge in [0.1, 0.15) is 6.04 Å². The highest BCUT2D eigenvalue weighted by atomic mass is 16.2. The van der Waals surface area contributed by atoms with Crippen LogP contribution in [-0.2, 0) is 29.2 Å². The molecule has 1 saturated heterocycles. The van der Waals surface area contributed by atoms with Gasteiger partial charge in [0.25, 0.3) is 11.8 Å². The summed E-state index contributed by atoms with van der Waals surface area (Å²) in [5, 5.41) is 2.21. The standard InChI is InChI=1S/C21H22N6O4/c22-9-13-11-26-7-1-6-25(21(26)23-13)10-12-2-3-14-15(8-12)20(31)27(19(14)30)16-4-5-17(28)24-18(16)29/h2-3,8,11,16H,1,4-7,9-10,22H2,(H,24,28,29). The third-order valence-electron chi connectivity index (χ3n) is 6.00. The van der Waals surface area contributed by atoms with Crippen LogP contribution < -0.4 is 16.0 Å². The highest BCUT2D eigenvalue weighted by molar-refractivity contribution is 6.23. The van der Waals surface area contributed by atoms with Gasteiger partial charge in [0.2, 0.25) is 17.8 Å². The molecule has 4 amide bonds. The van der Waals surface area contributed by atoms with Crippen molar-refractivity contribution in [3.05, 3.63) is 46.8 Å². The van der Waals surface area contributed by atoms with Crippen molar-refractivity contribution in [2.45, 2.75) is 44.9 Å². The van der Waals surface area contributed by atoms with E-state index in [1.54, 1.807) is 12.1 Å². The van der Waals surface area contributed by atoms with E-state index in [-0.39, 0.29) is 24.0 Å². The molecule has 1 fully saturated rings. The normalized spacial score (nSPS) is 20.7. The van der Waals surface area contributed by atoms with Crippen molar-refractivity contribution < 1.29 is 19.2 Å². The van der Waals surface area contributed by atoms with Gasteiger partial charge in [-0.2, -0.15) is 0 Å². The number of carbonyl (C=O) groups excluding carboxylic acids is 4. The number of hydrogen-bond acceptors (Lipinski definition) is 7. The molecule has 0 radical (unpaired) electrons. The number of carbonyl (C=O) groups is 4. The Bertz CT molecular complexity index is 1120. The fourth-order valence-corrected chi connectivity index (χ4v) is 4.49. The number of anilines is 1. The minimum absolute atomic E-state index is 0.0987. The second-order valence-corrected chi connectivity index (χ2v) is 8.03. The summed E-state index contributed by atoms with van der Waals surface area (Å²) in [4.78, 5) is 57.2. The predicted octanol–water partition coefficient (Wildman–Crippen LogP) is 0.153. The summed E-state index contributed by atoms with van der Waals surface area (Å²) in [7, 11) is 0. The lowest BCUT2D eigenvalue weighted by Gasteiger charge is -2.29. The van der Waals surface area contributed by atoms with E-state index >= 15 is 0 Å². The first-order chi connectivity index (χ1) is 15.0. The molecule has 2 aromatic rings. The molecule has 10 nitrogen and oxygen atoms in total. The number of nitrogens with zero attached hydrogens (tertiary/aromatic N) is 4. The number of fused-ring (bicyclic) bond motifs is 2. The SMILES string of the molecule is NCc1cn2c(n1)N(Cc1ccc3c(c1)C(=O)N(C1CCC(=O)NC1=O)C3=O)CCC2. The maximum Gasteiger partial charge on any atom is 0.262 e. The van der Waals surface area contributed by atoms with Crippen LogP contribution >= 0.6 is 0 Å². The molecule has 31 heavy (non-hydrogen) atoms. The summed E-state index contributed by atoms with van der Waals surface area (Å²) in [6.07, 6.45) is 3.17. The molecule has 3 aliphatic heterocycles. The average Bonchev–Trinajstić information content (AvgIpc) is 3.29. The summed E-state index contributed by atoms with van der Waals surface area (Å²) in [5.41, 5.74) is 8.00. The van der Waals surface area contributed by atoms with E-state index in [0.29, 0.717) is 13.1 Å². The predicted molar refractivity (Wildman–Crippen MR) is 109 cm³/mol. The topological polar surface area (TPSA) is 131 Å². The van der Waals surface area contributed by atoms with Gasteiger partial charge in [0.15, 0.2) is 0 Å². The third-order valence-corrected chi connectivity index (χ3v) is 6.00. The number of piperidine rings is 1. The Balaban J connectivity index is 1.40. The third kappa shape index (κ3) is 3.19. The Morgan fingerprint density at radius 2 is 1.90 bits per heavy atom. The summed E-state index contributed by atoms with van der Waals surface area (Å²) >= 11 is 0. The lowest BCUT2D eigenvalue weighted by Crippen LogP contribution is -2.54. The Hall–Kier alpha value is -3.53. The van der Waals surface area contributed by atoms with E-state index in [0.717, 1.165) is 41.6 Å². The van der Waals surface area contributed by atoms with Crippen molar-refractivity contribution in [3.63, 3.8) is 0 Å². The summed E-state index contributed by atoms with van der Waals surface area (Å²) < 4.78 is 2.08. The molecule has 0 saturated carbocycles. The average molecular weight is 422 g/mol. The first-order valence-corrected chi connectivity index (χ1v) is 10.3. The molecule has 1 aromatic carbocycles. The van der Waals surface area contributed by atoms with E-state index in [1.807, 2.05) is 12.3 Å². The number of nitrogens with one attached hydrogen (secondary N) is 1. The minimum atomic E-state index is -0.960. The maximum absolute atomic E-state index is 13.0. The molecule has 0 spiro atoms. The molecule has 4 heterocycles. The second kappa shape index (κ2) is 7.31. The van der Waals surface area contributed by atoms with E-state index < -0.39 is 29.7 Å². The van der Waals surface area contributed by atoms with Gasteiger partial charge >= 0.3 is 0 Å². The zero-order valence-corrected chi connectivity index (χ0v) is 16.8. The van der Waals surface area contributed by atoms with Crippen LogP contribution in [0.5, 0.6) is 0 Å². The van der Waals surface area contributed by atoms with Gasteiger partial charge in [-0.05, 0) is 30.5 Å². The smallest absolute Gasteiger partial charge is 0.262 e. The lowest BCUT2D eigenvalue weighted by atomic mass is 10.0. The molecule has 1 atom stereocenters. The Morgan fingerprint density at radius 3 is 2.68 bits per heavy atom. The molecular weight excluding hydrogens is 400 g/mol. The van der Waals surface area contributed by atoms with Crippen LogP contribution in [0.25, 0.3) is 0 Å². The van der Waals surface area contributed by atoms with E-state index in [1.165, 1.54) is 0 Å². The lowest BCUT2D eigenvalue weighted by molar-refractivity contribution is -0.136. The van der Waals surface area contributed by atoms with Gasteiger partial charge in [-0.1, -0.05) is 6.07 Å². The number of hydrogen-bond donors (Lipinski definition) is 2. The van der Waals surface area contributed by atoms with Gasteiger partial charge in [-0.25, -0.2) is 4.98 Å². The molecule has 0 aliphatic carbocycles. The van der Waals surface area contributed by atoms with Gasteiger partial charge in [0, 0.05) is 38.8 Å². The molecule has 1 aromatic heterocycles. The van der Waals surface area contributed by atoms with E-state index in [2.05, 4.69) is 19.8 Å². The monoisotopic (exact) mass is 422 g/mol. The van der Waals surface area contributed by atoms with Crippen LogP contribution in [0.3, 0.4) is 0 Å². The van der Waals surface area contributed by atoms with Crippen LogP contribution in [0.1, 0.15) is 51.2 Å². The van der Waals surface area contributed by atoms with Crippen molar-refractivity contribution >= 4 is 29.6 Å². The fraction of sp³-hybridized carbons (Fsp3) is 0.381. The highest BCUT2D eigenvalue weighted by Crippen LogP contribution is 2.29. The first-order valence-electron chi connectivity index (χ1n) is 10.3. The van der Waals surface area contributed by atoms with Crippen LogP contribution in [0.2, 0.25) is 0 Å². The zero-order chi connectivity index (χ0) is 21.7. The van der Waals surface area contributed by atoms with Gasteiger partial charge in [0.05, 0.1) is 16.8 Å². The zero-order valence-electron chi connectivity index (χ0n) is 16.8. The Kier molecular flexibility index (Phi) is 4.58. The maximum atomic E-state index is 13.0. The first kappa shape index (κ1) is 19.4. The number of imide groups is 2. The van der Waals surface area contributed by atoms with E-state index in [9.17, 15) is 19.2 Å². The molecule has 5 rings (SSSR count). The largest absolute Gasteiger partial charge is 0.338 e. The summed E-state index contributed by atoms with van der Waals surface area (Å²) in [6.45, 7) is 2.62. The number of aromatic nitrogens is 2. The number of amides is 4. The Labute approximate surface area is 178 Å². The van der Waals surface area contributed by atoms with Crippen molar-refractivity contribution in [3.8, 4) is 0 Å².